The fourth-order valence-electron chi connectivity index (χ4n) is 4.69. The average Bonchev–Trinajstić information content (AvgIpc) is 3.50. The average molecular weight is 506 g/mol. The molecule has 4 rings (SSSR count). The number of anilines is 1. The molecule has 2 aliphatic heterocycles. The molecular formula is C24H31N3O5S2. The number of sulfonamides is 1. The van der Waals surface area contributed by atoms with Crippen molar-refractivity contribution in [3.8, 4) is 0 Å². The molecule has 1 unspecified atom stereocenters. The van der Waals surface area contributed by atoms with Crippen LogP contribution in [0.3, 0.4) is 0 Å². The van der Waals surface area contributed by atoms with Crippen molar-refractivity contribution >= 4 is 31.5 Å². The van der Waals surface area contributed by atoms with Crippen LogP contribution in [0.15, 0.2) is 58.3 Å². The Hall–Kier alpha value is -2.43. The van der Waals surface area contributed by atoms with Gasteiger partial charge in [-0.05, 0) is 87.3 Å². The first-order valence-corrected chi connectivity index (χ1v) is 14.8. The lowest BCUT2D eigenvalue weighted by atomic mass is 10.1. The highest BCUT2D eigenvalue weighted by molar-refractivity contribution is 7.92. The standard InChI is InChI=1S/C24H31N3O5S2/c1-25(34(31,32)23-13-11-22(12-14-23)33(2,29)30)20-9-7-19(8-10-20)24(28)27-17-5-6-21(27)18-26-15-3-4-16-26/h7-14,21H,3-6,15-18H2,1-2H3. The Morgan fingerprint density at radius 1 is 0.882 bits per heavy atom. The summed E-state index contributed by atoms with van der Waals surface area (Å²) in [5.74, 6) is -0.0184. The molecule has 10 heteroatoms. The zero-order valence-electron chi connectivity index (χ0n) is 19.6. The van der Waals surface area contributed by atoms with E-state index in [-0.39, 0.29) is 21.7 Å². The number of carbonyl (C=O) groups is 1. The zero-order valence-corrected chi connectivity index (χ0v) is 21.2. The van der Waals surface area contributed by atoms with E-state index in [2.05, 4.69) is 4.90 Å². The molecule has 2 aliphatic rings. The first-order chi connectivity index (χ1) is 16.1. The van der Waals surface area contributed by atoms with E-state index in [9.17, 15) is 21.6 Å². The van der Waals surface area contributed by atoms with E-state index in [1.165, 1.54) is 44.2 Å². The SMILES string of the molecule is CN(c1ccc(C(=O)N2CCCC2CN2CCCC2)cc1)S(=O)(=O)c1ccc(S(C)(=O)=O)cc1. The Balaban J connectivity index is 1.47. The fourth-order valence-corrected chi connectivity index (χ4v) is 6.52. The highest BCUT2D eigenvalue weighted by Gasteiger charge is 2.31. The number of hydrogen-bond acceptors (Lipinski definition) is 6. The molecule has 8 nitrogen and oxygen atoms in total. The van der Waals surface area contributed by atoms with Crippen LogP contribution in [-0.4, -0.2) is 78.1 Å². The lowest BCUT2D eigenvalue weighted by Crippen LogP contribution is -2.42. The van der Waals surface area contributed by atoms with Crippen molar-refractivity contribution < 1.29 is 21.6 Å². The Morgan fingerprint density at radius 2 is 1.47 bits per heavy atom. The Kier molecular flexibility index (Phi) is 7.02. The van der Waals surface area contributed by atoms with Gasteiger partial charge in [-0.2, -0.15) is 0 Å². The number of sulfone groups is 1. The molecule has 0 spiro atoms. The van der Waals surface area contributed by atoms with Gasteiger partial charge < -0.3 is 9.80 Å². The molecule has 0 aliphatic carbocycles. The summed E-state index contributed by atoms with van der Waals surface area (Å²) in [6.07, 6.45) is 5.53. The summed E-state index contributed by atoms with van der Waals surface area (Å²) in [5, 5.41) is 0. The van der Waals surface area contributed by atoms with Crippen molar-refractivity contribution in [2.24, 2.45) is 0 Å². The molecule has 0 aromatic heterocycles. The molecule has 1 amide bonds. The van der Waals surface area contributed by atoms with Crippen LogP contribution >= 0.6 is 0 Å². The third kappa shape index (κ3) is 5.13. The van der Waals surface area contributed by atoms with Crippen LogP contribution in [0.25, 0.3) is 0 Å². The molecule has 184 valence electrons. The Bertz CT molecular complexity index is 1240. The minimum atomic E-state index is -3.89. The summed E-state index contributed by atoms with van der Waals surface area (Å²) in [6.45, 7) is 3.87. The van der Waals surface area contributed by atoms with E-state index >= 15 is 0 Å². The van der Waals surface area contributed by atoms with Gasteiger partial charge in [0.2, 0.25) is 0 Å². The highest BCUT2D eigenvalue weighted by atomic mass is 32.2. The van der Waals surface area contributed by atoms with Crippen LogP contribution in [0.4, 0.5) is 5.69 Å². The topological polar surface area (TPSA) is 95.1 Å². The molecule has 2 fully saturated rings. The van der Waals surface area contributed by atoms with E-state index in [1.807, 2.05) is 4.90 Å². The normalized spacial score (nSPS) is 19.5. The molecular weight excluding hydrogens is 474 g/mol. The van der Waals surface area contributed by atoms with Gasteiger partial charge in [0.05, 0.1) is 15.5 Å². The summed E-state index contributed by atoms with van der Waals surface area (Å²) in [5.41, 5.74) is 0.958. The molecule has 0 saturated carbocycles. The molecule has 0 bridgehead atoms. The molecule has 0 radical (unpaired) electrons. The van der Waals surface area contributed by atoms with Crippen LogP contribution in [-0.2, 0) is 19.9 Å². The zero-order chi connectivity index (χ0) is 24.5. The fraction of sp³-hybridized carbons (Fsp3) is 0.458. The summed E-state index contributed by atoms with van der Waals surface area (Å²) >= 11 is 0. The second-order valence-electron chi connectivity index (χ2n) is 9.07. The third-order valence-corrected chi connectivity index (χ3v) is 9.62. The summed E-state index contributed by atoms with van der Waals surface area (Å²) < 4.78 is 50.5. The number of carbonyl (C=O) groups excluding carboxylic acids is 1. The second-order valence-corrected chi connectivity index (χ2v) is 13.1. The minimum Gasteiger partial charge on any atom is -0.334 e. The molecule has 2 saturated heterocycles. The molecule has 0 N–H and O–H groups in total. The lowest BCUT2D eigenvalue weighted by Gasteiger charge is -2.28. The van der Waals surface area contributed by atoms with E-state index < -0.39 is 19.9 Å². The van der Waals surface area contributed by atoms with Gasteiger partial charge in [0.15, 0.2) is 9.84 Å². The summed E-state index contributed by atoms with van der Waals surface area (Å²) in [4.78, 5) is 17.6. The van der Waals surface area contributed by atoms with Crippen LogP contribution in [0.1, 0.15) is 36.0 Å². The number of nitrogens with zero attached hydrogens (tertiary/aromatic N) is 3. The van der Waals surface area contributed by atoms with Crippen molar-refractivity contribution in [1.29, 1.82) is 0 Å². The Morgan fingerprint density at radius 3 is 2.06 bits per heavy atom. The summed E-state index contributed by atoms with van der Waals surface area (Å²) in [6, 6.07) is 12.0. The number of benzene rings is 2. The van der Waals surface area contributed by atoms with Crippen molar-refractivity contribution in [2.75, 3.05) is 43.8 Å². The van der Waals surface area contributed by atoms with Crippen LogP contribution in [0.2, 0.25) is 0 Å². The van der Waals surface area contributed by atoms with E-state index in [0.717, 1.165) is 49.6 Å². The van der Waals surface area contributed by atoms with Gasteiger partial charge in [-0.1, -0.05) is 0 Å². The van der Waals surface area contributed by atoms with Crippen LogP contribution in [0, 0.1) is 0 Å². The molecule has 2 heterocycles. The highest BCUT2D eigenvalue weighted by Crippen LogP contribution is 2.26. The van der Waals surface area contributed by atoms with Crippen molar-refractivity contribution in [2.45, 2.75) is 41.5 Å². The number of amides is 1. The maximum atomic E-state index is 13.2. The lowest BCUT2D eigenvalue weighted by molar-refractivity contribution is 0.0709. The molecule has 2 aromatic rings. The van der Waals surface area contributed by atoms with Gasteiger partial charge in [0.1, 0.15) is 0 Å². The molecule has 2 aromatic carbocycles. The van der Waals surface area contributed by atoms with Gasteiger partial charge in [0, 0.05) is 38.0 Å². The van der Waals surface area contributed by atoms with Gasteiger partial charge in [-0.3, -0.25) is 9.10 Å². The van der Waals surface area contributed by atoms with Crippen molar-refractivity contribution in [3.05, 3.63) is 54.1 Å². The van der Waals surface area contributed by atoms with Crippen molar-refractivity contribution in [3.63, 3.8) is 0 Å². The van der Waals surface area contributed by atoms with Gasteiger partial charge in [-0.15, -0.1) is 0 Å². The van der Waals surface area contributed by atoms with Gasteiger partial charge >= 0.3 is 0 Å². The van der Waals surface area contributed by atoms with Gasteiger partial charge in [-0.25, -0.2) is 16.8 Å². The molecule has 1 atom stereocenters. The Labute approximate surface area is 202 Å². The quantitative estimate of drug-likeness (QED) is 0.574. The first kappa shape index (κ1) is 24.7. The predicted octanol–water partition coefficient (Wildman–Crippen LogP) is 2.62. The predicted molar refractivity (Wildman–Crippen MR) is 131 cm³/mol. The number of likely N-dealkylation sites (tertiary alicyclic amines) is 2. The minimum absolute atomic E-state index is 0.00984. The maximum Gasteiger partial charge on any atom is 0.264 e. The van der Waals surface area contributed by atoms with E-state index in [4.69, 9.17) is 0 Å². The van der Waals surface area contributed by atoms with Crippen LogP contribution in [0.5, 0.6) is 0 Å². The molecule has 34 heavy (non-hydrogen) atoms. The van der Waals surface area contributed by atoms with Crippen molar-refractivity contribution in [1.82, 2.24) is 9.80 Å². The largest absolute Gasteiger partial charge is 0.334 e. The smallest absolute Gasteiger partial charge is 0.264 e. The number of rotatable bonds is 7. The number of hydrogen-bond donors (Lipinski definition) is 0. The summed E-state index contributed by atoms with van der Waals surface area (Å²) in [7, 11) is -5.87. The van der Waals surface area contributed by atoms with E-state index in [1.54, 1.807) is 24.3 Å². The first-order valence-electron chi connectivity index (χ1n) is 11.5. The van der Waals surface area contributed by atoms with E-state index in [0.29, 0.717) is 11.3 Å². The monoisotopic (exact) mass is 505 g/mol. The third-order valence-electron chi connectivity index (χ3n) is 6.69. The van der Waals surface area contributed by atoms with Crippen LogP contribution < -0.4 is 4.31 Å². The second kappa shape index (κ2) is 9.67. The maximum absolute atomic E-state index is 13.2. The van der Waals surface area contributed by atoms with Gasteiger partial charge in [0.25, 0.3) is 15.9 Å².